The average Bonchev–Trinajstić information content (AvgIpc) is 2.76. The molecule has 0 heterocycles. The van der Waals surface area contributed by atoms with Crippen LogP contribution in [0.3, 0.4) is 0 Å². The van der Waals surface area contributed by atoms with Gasteiger partial charge in [-0.1, -0.05) is 43.3 Å². The van der Waals surface area contributed by atoms with Gasteiger partial charge in [0, 0.05) is 6.54 Å². The van der Waals surface area contributed by atoms with Gasteiger partial charge in [0.1, 0.15) is 5.75 Å². The molecular weight excluding hydrogens is 378 g/mol. The molecule has 158 valence electrons. The van der Waals surface area contributed by atoms with Crippen LogP contribution in [0.5, 0.6) is 17.2 Å². The van der Waals surface area contributed by atoms with Gasteiger partial charge in [-0.15, -0.1) is 0 Å². The summed E-state index contributed by atoms with van der Waals surface area (Å²) in [4.78, 5) is 12.7. The predicted molar refractivity (Wildman–Crippen MR) is 119 cm³/mol. The smallest absolute Gasteiger partial charge is 0.261 e. The fraction of sp³-hybridized carbons (Fsp3) is 0.320. The van der Waals surface area contributed by atoms with E-state index in [4.69, 9.17) is 14.2 Å². The molecule has 3 aromatic rings. The van der Waals surface area contributed by atoms with Gasteiger partial charge in [-0.05, 0) is 60.9 Å². The molecule has 0 aliphatic rings. The van der Waals surface area contributed by atoms with Crippen LogP contribution in [-0.4, -0.2) is 25.2 Å². The maximum absolute atomic E-state index is 12.7. The molecule has 30 heavy (non-hydrogen) atoms. The number of carbonyl (C=O) groups is 1. The molecule has 0 saturated heterocycles. The van der Waals surface area contributed by atoms with Crippen LogP contribution in [0.4, 0.5) is 0 Å². The first-order valence-electron chi connectivity index (χ1n) is 10.3. The Bertz CT molecular complexity index is 999. The molecule has 0 aliphatic heterocycles. The maximum Gasteiger partial charge on any atom is 0.261 e. The molecule has 0 saturated carbocycles. The van der Waals surface area contributed by atoms with Crippen LogP contribution < -0.4 is 19.5 Å². The Hall–Kier alpha value is -3.21. The van der Waals surface area contributed by atoms with Crippen LogP contribution in [0.1, 0.15) is 32.8 Å². The molecule has 3 rings (SSSR count). The Morgan fingerprint density at radius 2 is 1.70 bits per heavy atom. The van der Waals surface area contributed by atoms with Crippen molar-refractivity contribution in [3.63, 3.8) is 0 Å². The fourth-order valence-electron chi connectivity index (χ4n) is 3.20. The highest BCUT2D eigenvalue weighted by Gasteiger charge is 2.18. The molecule has 5 nitrogen and oxygen atoms in total. The molecule has 0 unspecified atom stereocenters. The van der Waals surface area contributed by atoms with Crippen molar-refractivity contribution in [3.8, 4) is 17.2 Å². The standard InChI is InChI=1S/C25H29NO4/c1-5-22(30-21-12-11-19-8-6-7-9-20(19)15-21)25(27)26-16-18-10-13-23(29-17(2)3)24(14-18)28-4/h6-15,17,22H,5,16H2,1-4H3,(H,26,27)/t22-/m1/s1. The number of hydrogen-bond acceptors (Lipinski definition) is 4. The van der Waals surface area contributed by atoms with Crippen molar-refractivity contribution < 1.29 is 19.0 Å². The Labute approximate surface area is 178 Å². The molecule has 1 atom stereocenters. The van der Waals surface area contributed by atoms with E-state index in [2.05, 4.69) is 11.4 Å². The van der Waals surface area contributed by atoms with E-state index in [0.717, 1.165) is 16.3 Å². The third kappa shape index (κ3) is 5.44. The van der Waals surface area contributed by atoms with Crippen molar-refractivity contribution in [1.29, 1.82) is 0 Å². The Kier molecular flexibility index (Phi) is 7.17. The highest BCUT2D eigenvalue weighted by atomic mass is 16.5. The molecule has 0 fully saturated rings. The summed E-state index contributed by atoms with van der Waals surface area (Å²) in [5.41, 5.74) is 0.928. The highest BCUT2D eigenvalue weighted by Crippen LogP contribution is 2.29. The van der Waals surface area contributed by atoms with Crippen LogP contribution in [0, 0.1) is 0 Å². The fourth-order valence-corrected chi connectivity index (χ4v) is 3.20. The summed E-state index contributed by atoms with van der Waals surface area (Å²) in [6.45, 7) is 6.25. The first-order chi connectivity index (χ1) is 14.5. The summed E-state index contributed by atoms with van der Waals surface area (Å²) in [6, 6.07) is 19.6. The number of rotatable bonds is 9. The molecule has 1 N–H and O–H groups in total. The van der Waals surface area contributed by atoms with Crippen molar-refractivity contribution in [2.45, 2.75) is 45.9 Å². The van der Waals surface area contributed by atoms with E-state index in [0.29, 0.717) is 30.2 Å². The summed E-state index contributed by atoms with van der Waals surface area (Å²) < 4.78 is 17.1. The number of nitrogens with one attached hydrogen (secondary N) is 1. The molecule has 0 spiro atoms. The van der Waals surface area contributed by atoms with Gasteiger partial charge < -0.3 is 19.5 Å². The zero-order valence-electron chi connectivity index (χ0n) is 18.0. The highest BCUT2D eigenvalue weighted by molar-refractivity contribution is 5.84. The number of carbonyl (C=O) groups excluding carboxylic acids is 1. The van der Waals surface area contributed by atoms with E-state index in [9.17, 15) is 4.79 Å². The third-order valence-electron chi connectivity index (χ3n) is 4.72. The summed E-state index contributed by atoms with van der Waals surface area (Å²) in [5.74, 6) is 1.88. The van der Waals surface area contributed by atoms with Gasteiger partial charge in [0.15, 0.2) is 17.6 Å². The van der Waals surface area contributed by atoms with E-state index < -0.39 is 6.10 Å². The Balaban J connectivity index is 1.63. The molecule has 5 heteroatoms. The summed E-state index contributed by atoms with van der Waals surface area (Å²) in [5, 5.41) is 5.18. The lowest BCUT2D eigenvalue weighted by Gasteiger charge is -2.18. The molecule has 0 bridgehead atoms. The number of methoxy groups -OCH3 is 1. The largest absolute Gasteiger partial charge is 0.493 e. The second-order valence-corrected chi connectivity index (χ2v) is 7.39. The van der Waals surface area contributed by atoms with Crippen LogP contribution in [0.15, 0.2) is 60.7 Å². The van der Waals surface area contributed by atoms with Gasteiger partial charge in [-0.25, -0.2) is 0 Å². The first-order valence-corrected chi connectivity index (χ1v) is 10.3. The van der Waals surface area contributed by atoms with E-state index in [1.54, 1.807) is 7.11 Å². The lowest BCUT2D eigenvalue weighted by atomic mass is 10.1. The van der Waals surface area contributed by atoms with Gasteiger partial charge in [0.25, 0.3) is 5.91 Å². The summed E-state index contributed by atoms with van der Waals surface area (Å²) >= 11 is 0. The van der Waals surface area contributed by atoms with Crippen molar-refractivity contribution in [2.75, 3.05) is 7.11 Å². The van der Waals surface area contributed by atoms with Crippen molar-refractivity contribution in [2.24, 2.45) is 0 Å². The monoisotopic (exact) mass is 407 g/mol. The number of amides is 1. The second-order valence-electron chi connectivity index (χ2n) is 7.39. The van der Waals surface area contributed by atoms with E-state index >= 15 is 0 Å². The van der Waals surface area contributed by atoms with Crippen molar-refractivity contribution in [3.05, 3.63) is 66.2 Å². The minimum atomic E-state index is -0.559. The minimum Gasteiger partial charge on any atom is -0.493 e. The van der Waals surface area contributed by atoms with Gasteiger partial charge in [-0.3, -0.25) is 4.79 Å². The molecule has 1 amide bonds. The van der Waals surface area contributed by atoms with E-state index in [-0.39, 0.29) is 12.0 Å². The SMILES string of the molecule is CC[C@@H](Oc1ccc2ccccc2c1)C(=O)NCc1ccc(OC(C)C)c(OC)c1. The van der Waals surface area contributed by atoms with Gasteiger partial charge in [0.05, 0.1) is 13.2 Å². The van der Waals surface area contributed by atoms with E-state index in [1.165, 1.54) is 0 Å². The quantitative estimate of drug-likeness (QED) is 0.536. The molecule has 3 aromatic carbocycles. The van der Waals surface area contributed by atoms with Crippen LogP contribution >= 0.6 is 0 Å². The lowest BCUT2D eigenvalue weighted by molar-refractivity contribution is -0.128. The molecule has 0 aromatic heterocycles. The van der Waals surface area contributed by atoms with E-state index in [1.807, 2.05) is 75.4 Å². The lowest BCUT2D eigenvalue weighted by Crippen LogP contribution is -2.37. The van der Waals surface area contributed by atoms with Gasteiger partial charge >= 0.3 is 0 Å². The van der Waals surface area contributed by atoms with Gasteiger partial charge in [0.2, 0.25) is 0 Å². The predicted octanol–water partition coefficient (Wildman–Crippen LogP) is 5.11. The number of fused-ring (bicyclic) bond motifs is 1. The number of benzene rings is 3. The Morgan fingerprint density at radius 1 is 0.933 bits per heavy atom. The van der Waals surface area contributed by atoms with Crippen LogP contribution in [0.25, 0.3) is 10.8 Å². The third-order valence-corrected chi connectivity index (χ3v) is 4.72. The van der Waals surface area contributed by atoms with Crippen molar-refractivity contribution in [1.82, 2.24) is 5.32 Å². The zero-order valence-corrected chi connectivity index (χ0v) is 18.0. The summed E-state index contributed by atoms with van der Waals surface area (Å²) in [7, 11) is 1.61. The molecular formula is C25H29NO4. The average molecular weight is 408 g/mol. The first kappa shape index (κ1) is 21.5. The normalized spacial score (nSPS) is 11.9. The minimum absolute atomic E-state index is 0.0574. The van der Waals surface area contributed by atoms with Crippen molar-refractivity contribution >= 4 is 16.7 Å². The number of hydrogen-bond donors (Lipinski definition) is 1. The van der Waals surface area contributed by atoms with Crippen LogP contribution in [-0.2, 0) is 11.3 Å². The second kappa shape index (κ2) is 10.0. The van der Waals surface area contributed by atoms with Gasteiger partial charge in [-0.2, -0.15) is 0 Å². The van der Waals surface area contributed by atoms with Crippen LogP contribution in [0.2, 0.25) is 0 Å². The Morgan fingerprint density at radius 3 is 2.40 bits per heavy atom. The zero-order chi connectivity index (χ0) is 21.5. The summed E-state index contributed by atoms with van der Waals surface area (Å²) in [6.07, 6.45) is 0.0713. The molecule has 0 radical (unpaired) electrons. The number of ether oxygens (including phenoxy) is 3. The molecule has 0 aliphatic carbocycles. The topological polar surface area (TPSA) is 56.8 Å². The maximum atomic E-state index is 12.7.